The number of thiophene rings is 1. The second-order valence-corrected chi connectivity index (χ2v) is 5.63. The molecule has 1 aliphatic heterocycles. The normalized spacial score (nSPS) is 18.5. The lowest BCUT2D eigenvalue weighted by molar-refractivity contribution is 0.191. The largest absolute Gasteiger partial charge is 0.471 e. The van der Waals surface area contributed by atoms with Crippen LogP contribution in [0.15, 0.2) is 23.7 Å². The van der Waals surface area contributed by atoms with Crippen molar-refractivity contribution in [3.8, 4) is 5.88 Å². The van der Waals surface area contributed by atoms with Crippen molar-refractivity contribution in [1.82, 2.24) is 13.6 Å². The molecule has 0 radical (unpaired) electrons. The van der Waals surface area contributed by atoms with Gasteiger partial charge in [0.15, 0.2) is 0 Å². The van der Waals surface area contributed by atoms with Gasteiger partial charge in [0.1, 0.15) is 12.3 Å². The maximum absolute atomic E-state index is 12.0. The average Bonchev–Trinajstić information content (AvgIpc) is 3.10. The van der Waals surface area contributed by atoms with Crippen LogP contribution >= 0.6 is 23.1 Å². The molecule has 0 aromatic carbocycles. The minimum absolute atomic E-state index is 0.00187. The third kappa shape index (κ3) is 3.02. The molecule has 2 amide bonds. The van der Waals surface area contributed by atoms with Gasteiger partial charge in [-0.25, -0.2) is 4.79 Å². The molecule has 0 bridgehead atoms. The molecule has 0 saturated carbocycles. The second-order valence-electron chi connectivity index (χ2n) is 4.13. The van der Waals surface area contributed by atoms with Crippen molar-refractivity contribution >= 4 is 34.1 Å². The first-order chi connectivity index (χ1) is 9.31. The van der Waals surface area contributed by atoms with Crippen LogP contribution in [0.3, 0.4) is 0 Å². The number of hydrogen-bond donors (Lipinski definition) is 1. The lowest BCUT2D eigenvalue weighted by atomic mass is 10.3. The summed E-state index contributed by atoms with van der Waals surface area (Å²) in [7, 11) is 0. The fourth-order valence-electron chi connectivity index (χ4n) is 1.92. The molecule has 0 spiro atoms. The molecule has 0 aliphatic carbocycles. The van der Waals surface area contributed by atoms with E-state index in [0.717, 1.165) is 23.2 Å². The van der Waals surface area contributed by atoms with Gasteiger partial charge in [-0.05, 0) is 17.5 Å². The number of anilines is 1. The fraction of sp³-hybridized carbons (Fsp3) is 0.364. The van der Waals surface area contributed by atoms with Crippen LogP contribution in [0.4, 0.5) is 9.80 Å². The summed E-state index contributed by atoms with van der Waals surface area (Å²) < 4.78 is 13.5. The Bertz CT molecular complexity index is 529. The number of nitrogens with zero attached hydrogens (tertiary/aromatic N) is 3. The maximum atomic E-state index is 12.0. The van der Waals surface area contributed by atoms with Crippen molar-refractivity contribution in [3.05, 3.63) is 23.7 Å². The first-order valence-corrected chi connectivity index (χ1v) is 7.46. The Kier molecular flexibility index (Phi) is 3.60. The minimum atomic E-state index is -0.0787. The van der Waals surface area contributed by atoms with Crippen LogP contribution in [0.1, 0.15) is 6.42 Å². The number of carbonyl (C=O) groups is 1. The second kappa shape index (κ2) is 5.54. The predicted octanol–water partition coefficient (Wildman–Crippen LogP) is 2.28. The van der Waals surface area contributed by atoms with Crippen molar-refractivity contribution in [2.45, 2.75) is 12.5 Å². The number of ether oxygens (including phenoxy) is 1. The van der Waals surface area contributed by atoms with Gasteiger partial charge >= 0.3 is 6.03 Å². The highest BCUT2D eigenvalue weighted by Crippen LogP contribution is 2.19. The Labute approximate surface area is 118 Å². The smallest absolute Gasteiger partial charge is 0.322 e. The molecule has 1 unspecified atom stereocenters. The molecule has 3 heterocycles. The lowest BCUT2D eigenvalue weighted by Gasteiger charge is -2.16. The summed E-state index contributed by atoms with van der Waals surface area (Å²) in [4.78, 5) is 13.8. The van der Waals surface area contributed by atoms with E-state index in [-0.39, 0.29) is 12.1 Å². The van der Waals surface area contributed by atoms with Gasteiger partial charge in [-0.15, -0.1) is 15.7 Å². The van der Waals surface area contributed by atoms with Gasteiger partial charge in [0.05, 0.1) is 23.3 Å². The first kappa shape index (κ1) is 12.4. The van der Waals surface area contributed by atoms with E-state index in [1.165, 1.54) is 11.3 Å². The van der Waals surface area contributed by atoms with Gasteiger partial charge in [-0.2, -0.15) is 4.37 Å². The van der Waals surface area contributed by atoms with Crippen molar-refractivity contribution in [2.75, 3.05) is 18.4 Å². The van der Waals surface area contributed by atoms with E-state index in [2.05, 4.69) is 14.1 Å². The van der Waals surface area contributed by atoms with E-state index in [1.807, 2.05) is 17.5 Å². The zero-order valence-corrected chi connectivity index (χ0v) is 11.6. The summed E-state index contributed by atoms with van der Waals surface area (Å²) in [5.74, 6) is 0.538. The topological polar surface area (TPSA) is 67.4 Å². The highest BCUT2D eigenvalue weighted by atomic mass is 32.1. The van der Waals surface area contributed by atoms with E-state index in [0.29, 0.717) is 19.0 Å². The van der Waals surface area contributed by atoms with Gasteiger partial charge in [0.2, 0.25) is 5.88 Å². The number of rotatable bonds is 3. The Morgan fingerprint density at radius 1 is 1.58 bits per heavy atom. The highest BCUT2D eigenvalue weighted by molar-refractivity contribution is 7.14. The molecule has 100 valence electrons. The lowest BCUT2D eigenvalue weighted by Crippen LogP contribution is -2.34. The number of hydrogen-bond acceptors (Lipinski definition) is 6. The average molecular weight is 296 g/mol. The van der Waals surface area contributed by atoms with Gasteiger partial charge in [-0.3, -0.25) is 5.32 Å². The number of aromatic nitrogens is 2. The summed E-state index contributed by atoms with van der Waals surface area (Å²) in [6.45, 7) is 1.27. The van der Waals surface area contributed by atoms with Crippen molar-refractivity contribution in [1.29, 1.82) is 0 Å². The van der Waals surface area contributed by atoms with E-state index in [9.17, 15) is 4.79 Å². The molecular weight excluding hydrogens is 284 g/mol. The number of amides is 2. The molecule has 1 aliphatic rings. The quantitative estimate of drug-likeness (QED) is 0.943. The van der Waals surface area contributed by atoms with Crippen LogP contribution in [0.5, 0.6) is 5.88 Å². The summed E-state index contributed by atoms with van der Waals surface area (Å²) >= 11 is 2.62. The van der Waals surface area contributed by atoms with Crippen LogP contribution in [0.25, 0.3) is 0 Å². The van der Waals surface area contributed by atoms with Crippen LogP contribution in [-0.2, 0) is 0 Å². The van der Waals surface area contributed by atoms with Crippen molar-refractivity contribution in [2.24, 2.45) is 0 Å². The molecule has 1 atom stereocenters. The van der Waals surface area contributed by atoms with Gasteiger partial charge in [0, 0.05) is 13.0 Å². The third-order valence-electron chi connectivity index (χ3n) is 2.81. The van der Waals surface area contributed by atoms with Crippen LogP contribution < -0.4 is 10.1 Å². The number of carbonyl (C=O) groups excluding carboxylic acids is 1. The van der Waals surface area contributed by atoms with E-state index in [1.54, 1.807) is 11.1 Å². The van der Waals surface area contributed by atoms with E-state index >= 15 is 0 Å². The Hall–Kier alpha value is -1.67. The van der Waals surface area contributed by atoms with E-state index < -0.39 is 0 Å². The van der Waals surface area contributed by atoms with Crippen LogP contribution in [0.2, 0.25) is 0 Å². The minimum Gasteiger partial charge on any atom is -0.471 e. The molecule has 3 rings (SSSR count). The summed E-state index contributed by atoms with van der Waals surface area (Å²) in [6.07, 6.45) is 2.41. The number of urea groups is 1. The summed E-state index contributed by atoms with van der Waals surface area (Å²) in [6, 6.07) is 3.71. The van der Waals surface area contributed by atoms with Crippen LogP contribution in [-0.4, -0.2) is 38.9 Å². The summed E-state index contributed by atoms with van der Waals surface area (Å²) in [5, 5.41) is 5.66. The van der Waals surface area contributed by atoms with Gasteiger partial charge < -0.3 is 9.64 Å². The molecule has 2 aromatic rings. The molecule has 6 nitrogen and oxygen atoms in total. The highest BCUT2D eigenvalue weighted by Gasteiger charge is 2.28. The number of likely N-dealkylation sites (tertiary alicyclic amines) is 1. The van der Waals surface area contributed by atoms with Crippen molar-refractivity contribution in [3.63, 3.8) is 0 Å². The Balaban J connectivity index is 1.52. The van der Waals surface area contributed by atoms with E-state index in [4.69, 9.17) is 4.74 Å². The van der Waals surface area contributed by atoms with Gasteiger partial charge in [0.25, 0.3) is 0 Å². The zero-order chi connectivity index (χ0) is 13.1. The monoisotopic (exact) mass is 296 g/mol. The maximum Gasteiger partial charge on any atom is 0.322 e. The first-order valence-electron chi connectivity index (χ1n) is 5.85. The third-order valence-corrected chi connectivity index (χ3v) is 4.06. The van der Waals surface area contributed by atoms with Crippen LogP contribution in [0, 0.1) is 0 Å². The molecule has 1 saturated heterocycles. The summed E-state index contributed by atoms with van der Waals surface area (Å²) in [5.41, 5.74) is 0. The SMILES string of the molecule is O=C(Nc1cccs1)N1CCC(Oc2cnsn2)C1. The molecule has 19 heavy (non-hydrogen) atoms. The molecule has 1 fully saturated rings. The Morgan fingerprint density at radius 2 is 2.53 bits per heavy atom. The molecule has 1 N–H and O–H groups in total. The standard InChI is InChI=1S/C11H12N4O2S2/c16-11(13-10-2-1-5-18-10)15-4-3-8(7-15)17-9-6-12-19-14-9/h1-2,5-6,8H,3-4,7H2,(H,13,16). The van der Waals surface area contributed by atoms with Crippen molar-refractivity contribution < 1.29 is 9.53 Å². The predicted molar refractivity (Wildman–Crippen MR) is 73.9 cm³/mol. The zero-order valence-electron chi connectivity index (χ0n) is 9.98. The number of nitrogens with one attached hydrogen (secondary N) is 1. The molecule has 2 aromatic heterocycles. The molecule has 8 heteroatoms. The molecular formula is C11H12N4O2S2. The Morgan fingerprint density at radius 3 is 3.26 bits per heavy atom. The fourth-order valence-corrected chi connectivity index (χ4v) is 2.88. The van der Waals surface area contributed by atoms with Gasteiger partial charge in [-0.1, -0.05) is 0 Å².